The van der Waals surface area contributed by atoms with Crippen molar-refractivity contribution in [2.45, 2.75) is 31.2 Å². The number of ketones is 1. The van der Waals surface area contributed by atoms with Crippen LogP contribution in [0, 0.1) is 0 Å². The molecule has 0 heterocycles. The number of rotatable bonds is 6. The molecule has 1 aliphatic carbocycles. The van der Waals surface area contributed by atoms with Crippen molar-refractivity contribution in [3.05, 3.63) is 68.6 Å². The summed E-state index contributed by atoms with van der Waals surface area (Å²) in [6, 6.07) is 15.2. The van der Waals surface area contributed by atoms with Gasteiger partial charge < -0.3 is 5.32 Å². The maximum absolute atomic E-state index is 12.2. The Labute approximate surface area is 158 Å². The van der Waals surface area contributed by atoms with Gasteiger partial charge in [-0.05, 0) is 42.7 Å². The molecule has 0 saturated heterocycles. The van der Waals surface area contributed by atoms with Crippen molar-refractivity contribution in [3.8, 4) is 0 Å². The van der Waals surface area contributed by atoms with Crippen molar-refractivity contribution >= 4 is 43.6 Å². The molecule has 2 aromatic rings. The van der Waals surface area contributed by atoms with E-state index in [1.165, 1.54) is 0 Å². The first-order valence-electron chi connectivity index (χ1n) is 7.84. The zero-order valence-electron chi connectivity index (χ0n) is 13.0. The molecule has 0 unspecified atom stereocenters. The predicted molar refractivity (Wildman–Crippen MR) is 101 cm³/mol. The number of halogens is 2. The zero-order chi connectivity index (χ0) is 17.2. The van der Waals surface area contributed by atoms with Gasteiger partial charge in [-0.1, -0.05) is 56.1 Å². The van der Waals surface area contributed by atoms with Crippen LogP contribution in [-0.4, -0.2) is 11.7 Å². The Kier molecular flexibility index (Phi) is 5.21. The summed E-state index contributed by atoms with van der Waals surface area (Å²) in [4.78, 5) is 24.4. The predicted octanol–water partition coefficient (Wildman–Crippen LogP) is 4.98. The number of carbonyl (C=O) groups is 2. The largest absolute Gasteiger partial charge is 0.347 e. The Balaban J connectivity index is 1.55. The van der Waals surface area contributed by atoms with Gasteiger partial charge >= 0.3 is 0 Å². The average molecular weight is 451 g/mol. The van der Waals surface area contributed by atoms with E-state index in [0.717, 1.165) is 27.4 Å². The fourth-order valence-electron chi connectivity index (χ4n) is 2.72. The molecule has 5 heteroatoms. The summed E-state index contributed by atoms with van der Waals surface area (Å²) in [5.41, 5.74) is 1.52. The van der Waals surface area contributed by atoms with Gasteiger partial charge in [-0.2, -0.15) is 0 Å². The summed E-state index contributed by atoms with van der Waals surface area (Å²) in [7, 11) is 0. The minimum Gasteiger partial charge on any atom is -0.347 e. The van der Waals surface area contributed by atoms with E-state index in [-0.39, 0.29) is 30.1 Å². The molecule has 0 aromatic heterocycles. The van der Waals surface area contributed by atoms with Gasteiger partial charge in [0.05, 0.1) is 5.54 Å². The summed E-state index contributed by atoms with van der Waals surface area (Å²) in [5.74, 6) is -0.0768. The van der Waals surface area contributed by atoms with Gasteiger partial charge in [0.15, 0.2) is 5.78 Å². The standard InChI is InChI=1S/C19H17Br2NO2/c20-15-5-1-13(2-6-15)17(23)9-10-18(24)22-19(11-12-19)14-3-7-16(21)8-4-14/h1-8H,9-12H2,(H,22,24). The van der Waals surface area contributed by atoms with E-state index in [1.54, 1.807) is 12.1 Å². The van der Waals surface area contributed by atoms with Crippen molar-refractivity contribution < 1.29 is 9.59 Å². The highest BCUT2D eigenvalue weighted by atomic mass is 79.9. The molecule has 1 amide bonds. The third kappa shape index (κ3) is 4.14. The van der Waals surface area contributed by atoms with Crippen LogP contribution in [-0.2, 0) is 10.3 Å². The SMILES string of the molecule is O=C(CCC(=O)c1ccc(Br)cc1)NC1(c2ccc(Br)cc2)CC1. The van der Waals surface area contributed by atoms with Crippen LogP contribution in [0.1, 0.15) is 41.6 Å². The third-order valence-corrected chi connectivity index (χ3v) is 5.33. The van der Waals surface area contributed by atoms with Gasteiger partial charge in [-0.3, -0.25) is 9.59 Å². The highest BCUT2D eigenvalue weighted by molar-refractivity contribution is 9.10. The number of carbonyl (C=O) groups excluding carboxylic acids is 2. The highest BCUT2D eigenvalue weighted by Crippen LogP contribution is 2.45. The van der Waals surface area contributed by atoms with Gasteiger partial charge in [-0.25, -0.2) is 0 Å². The van der Waals surface area contributed by atoms with Crippen molar-refractivity contribution in [2.24, 2.45) is 0 Å². The Morgan fingerprint density at radius 1 is 0.875 bits per heavy atom. The van der Waals surface area contributed by atoms with Crippen LogP contribution in [0.4, 0.5) is 0 Å². The lowest BCUT2D eigenvalue weighted by atomic mass is 10.0. The molecule has 0 bridgehead atoms. The molecule has 24 heavy (non-hydrogen) atoms. The molecule has 0 radical (unpaired) electrons. The van der Waals surface area contributed by atoms with Gasteiger partial charge in [0.1, 0.15) is 0 Å². The van der Waals surface area contributed by atoms with E-state index >= 15 is 0 Å². The Morgan fingerprint density at radius 2 is 1.42 bits per heavy atom. The van der Waals surface area contributed by atoms with Gasteiger partial charge in [-0.15, -0.1) is 0 Å². The second-order valence-electron chi connectivity index (χ2n) is 6.07. The number of nitrogens with one attached hydrogen (secondary N) is 1. The molecule has 1 saturated carbocycles. The summed E-state index contributed by atoms with van der Waals surface area (Å²) < 4.78 is 1.95. The first kappa shape index (κ1) is 17.4. The van der Waals surface area contributed by atoms with E-state index < -0.39 is 0 Å². The van der Waals surface area contributed by atoms with E-state index in [2.05, 4.69) is 37.2 Å². The molecule has 1 N–H and O–H groups in total. The minimum atomic E-state index is -0.238. The van der Waals surface area contributed by atoms with Crippen molar-refractivity contribution in [2.75, 3.05) is 0 Å². The number of amides is 1. The molecule has 3 nitrogen and oxygen atoms in total. The molecule has 1 aliphatic rings. The van der Waals surface area contributed by atoms with Gasteiger partial charge in [0.25, 0.3) is 0 Å². The van der Waals surface area contributed by atoms with Crippen LogP contribution >= 0.6 is 31.9 Å². The first-order chi connectivity index (χ1) is 11.5. The number of hydrogen-bond donors (Lipinski definition) is 1. The van der Waals surface area contributed by atoms with E-state index in [1.807, 2.05) is 36.4 Å². The summed E-state index contributed by atoms with van der Waals surface area (Å²) in [6.45, 7) is 0. The van der Waals surface area contributed by atoms with Crippen LogP contribution < -0.4 is 5.32 Å². The smallest absolute Gasteiger partial charge is 0.221 e. The molecule has 124 valence electrons. The van der Waals surface area contributed by atoms with Crippen molar-refractivity contribution in [3.63, 3.8) is 0 Å². The number of benzene rings is 2. The molecule has 0 aliphatic heterocycles. The van der Waals surface area contributed by atoms with Gasteiger partial charge in [0, 0.05) is 27.4 Å². The summed E-state index contributed by atoms with van der Waals surface area (Å²) >= 11 is 6.77. The molecule has 3 rings (SSSR count). The maximum atomic E-state index is 12.2. The lowest BCUT2D eigenvalue weighted by Gasteiger charge is -2.18. The van der Waals surface area contributed by atoms with E-state index in [4.69, 9.17) is 0 Å². The Morgan fingerprint density at radius 3 is 1.96 bits per heavy atom. The zero-order valence-corrected chi connectivity index (χ0v) is 16.2. The lowest BCUT2D eigenvalue weighted by molar-refractivity contribution is -0.122. The topological polar surface area (TPSA) is 46.2 Å². The maximum Gasteiger partial charge on any atom is 0.221 e. The average Bonchev–Trinajstić information content (AvgIpc) is 3.34. The van der Waals surface area contributed by atoms with Crippen LogP contribution in [0.2, 0.25) is 0 Å². The highest BCUT2D eigenvalue weighted by Gasteiger charge is 2.45. The number of Topliss-reactive ketones (excluding diaryl/α,β-unsaturated/α-hetero) is 1. The van der Waals surface area contributed by atoms with Crippen LogP contribution in [0.3, 0.4) is 0 Å². The molecule has 0 atom stereocenters. The van der Waals surface area contributed by atoms with E-state index in [9.17, 15) is 9.59 Å². The van der Waals surface area contributed by atoms with Crippen molar-refractivity contribution in [1.29, 1.82) is 0 Å². The van der Waals surface area contributed by atoms with E-state index in [0.29, 0.717) is 5.56 Å². The van der Waals surface area contributed by atoms with Crippen LogP contribution in [0.15, 0.2) is 57.5 Å². The molecule has 0 spiro atoms. The second-order valence-corrected chi connectivity index (χ2v) is 7.90. The molecular weight excluding hydrogens is 434 g/mol. The van der Waals surface area contributed by atoms with Crippen molar-refractivity contribution in [1.82, 2.24) is 5.32 Å². The van der Waals surface area contributed by atoms with Gasteiger partial charge in [0.2, 0.25) is 5.91 Å². The molecule has 2 aromatic carbocycles. The quantitative estimate of drug-likeness (QED) is 0.630. The van der Waals surface area contributed by atoms with Crippen LogP contribution in [0.25, 0.3) is 0 Å². The monoisotopic (exact) mass is 449 g/mol. The summed E-state index contributed by atoms with van der Waals surface area (Å²) in [6.07, 6.45) is 2.33. The minimum absolute atomic E-state index is 0.00820. The normalized spacial score (nSPS) is 14.9. The second kappa shape index (κ2) is 7.19. The fraction of sp³-hybridized carbons (Fsp3) is 0.263. The summed E-state index contributed by atoms with van der Waals surface area (Å²) in [5, 5.41) is 3.11. The number of hydrogen-bond acceptors (Lipinski definition) is 2. The Hall–Kier alpha value is -1.46. The lowest BCUT2D eigenvalue weighted by Crippen LogP contribution is -2.34. The Bertz CT molecular complexity index is 750. The first-order valence-corrected chi connectivity index (χ1v) is 9.43. The fourth-order valence-corrected chi connectivity index (χ4v) is 3.24. The molecule has 1 fully saturated rings. The van der Waals surface area contributed by atoms with Crippen LogP contribution in [0.5, 0.6) is 0 Å². The third-order valence-electron chi connectivity index (χ3n) is 4.27. The molecular formula is C19H17Br2NO2.